The molecule has 3 rings (SSSR count). The average molecular weight is 359 g/mol. The molecule has 3 aromatic rings. The Morgan fingerprint density at radius 3 is 2.82 bits per heavy atom. The number of pyridine rings is 2. The zero-order valence-electron chi connectivity index (χ0n) is 11.3. The lowest BCUT2D eigenvalue weighted by Crippen LogP contribution is -2.23. The number of carbonyl (C=O) groups excluding carboxylic acids is 1. The Balaban J connectivity index is 1.65. The van der Waals surface area contributed by atoms with E-state index >= 15 is 0 Å². The Morgan fingerprint density at radius 1 is 1.23 bits per heavy atom. The summed E-state index contributed by atoms with van der Waals surface area (Å²) in [5, 5.41) is 10.8. The molecule has 0 bridgehead atoms. The van der Waals surface area contributed by atoms with Crippen molar-refractivity contribution in [3.05, 3.63) is 64.9 Å². The van der Waals surface area contributed by atoms with Gasteiger partial charge in [-0.3, -0.25) is 14.8 Å². The maximum atomic E-state index is 12.0. The van der Waals surface area contributed by atoms with E-state index in [4.69, 9.17) is 0 Å². The van der Waals surface area contributed by atoms with E-state index in [0.29, 0.717) is 11.3 Å². The molecule has 0 spiro atoms. The molecule has 110 valence electrons. The molecule has 3 aromatic heterocycles. The SMILES string of the molecule is O=C(NCc1cn(-c2ccncc2)nn1)c1cncc(Br)c1. The second kappa shape index (κ2) is 6.44. The molecular weight excluding hydrogens is 348 g/mol. The van der Waals surface area contributed by atoms with E-state index in [1.807, 2.05) is 12.1 Å². The summed E-state index contributed by atoms with van der Waals surface area (Å²) in [6, 6.07) is 5.35. The number of nitrogens with one attached hydrogen (secondary N) is 1. The maximum absolute atomic E-state index is 12.0. The van der Waals surface area contributed by atoms with Gasteiger partial charge < -0.3 is 5.32 Å². The summed E-state index contributed by atoms with van der Waals surface area (Å²) < 4.78 is 2.38. The van der Waals surface area contributed by atoms with Gasteiger partial charge in [0.1, 0.15) is 5.69 Å². The summed E-state index contributed by atoms with van der Waals surface area (Å²) >= 11 is 3.28. The minimum absolute atomic E-state index is 0.215. The van der Waals surface area contributed by atoms with Gasteiger partial charge in [0.15, 0.2) is 0 Å². The zero-order chi connectivity index (χ0) is 15.4. The number of amides is 1. The molecule has 0 aliphatic heterocycles. The monoisotopic (exact) mass is 358 g/mol. The third kappa shape index (κ3) is 3.34. The highest BCUT2D eigenvalue weighted by Gasteiger charge is 2.08. The normalized spacial score (nSPS) is 10.4. The average Bonchev–Trinajstić information content (AvgIpc) is 3.02. The van der Waals surface area contributed by atoms with Gasteiger partial charge in [0.25, 0.3) is 5.91 Å². The highest BCUT2D eigenvalue weighted by molar-refractivity contribution is 9.10. The molecule has 0 aliphatic carbocycles. The molecule has 0 aromatic carbocycles. The van der Waals surface area contributed by atoms with Crippen LogP contribution < -0.4 is 5.32 Å². The van der Waals surface area contributed by atoms with E-state index in [-0.39, 0.29) is 12.5 Å². The third-order valence-electron chi connectivity index (χ3n) is 2.87. The van der Waals surface area contributed by atoms with Crippen LogP contribution in [-0.2, 0) is 6.54 Å². The molecule has 0 fully saturated rings. The Hall–Kier alpha value is -2.61. The molecule has 3 heterocycles. The molecule has 0 atom stereocenters. The number of halogens is 1. The number of carbonyl (C=O) groups is 1. The Labute approximate surface area is 134 Å². The number of rotatable bonds is 4. The molecule has 1 N–H and O–H groups in total. The van der Waals surface area contributed by atoms with Gasteiger partial charge in [-0.1, -0.05) is 5.21 Å². The summed E-state index contributed by atoms with van der Waals surface area (Å²) in [4.78, 5) is 19.9. The molecule has 0 unspecified atom stereocenters. The van der Waals surface area contributed by atoms with E-state index < -0.39 is 0 Å². The molecule has 1 amide bonds. The van der Waals surface area contributed by atoms with Crippen molar-refractivity contribution in [1.29, 1.82) is 0 Å². The van der Waals surface area contributed by atoms with E-state index in [1.54, 1.807) is 35.5 Å². The molecule has 0 saturated heterocycles. The van der Waals surface area contributed by atoms with Crippen LogP contribution in [0.5, 0.6) is 0 Å². The van der Waals surface area contributed by atoms with E-state index in [1.165, 1.54) is 6.20 Å². The first kappa shape index (κ1) is 14.3. The molecule has 0 aliphatic rings. The van der Waals surface area contributed by atoms with Crippen LogP contribution in [0.1, 0.15) is 16.1 Å². The molecule has 8 heteroatoms. The van der Waals surface area contributed by atoms with E-state index in [9.17, 15) is 4.79 Å². The largest absolute Gasteiger partial charge is 0.346 e. The van der Waals surface area contributed by atoms with Gasteiger partial charge in [-0.25, -0.2) is 4.68 Å². The molecule has 7 nitrogen and oxygen atoms in total. The lowest BCUT2D eigenvalue weighted by atomic mass is 10.2. The first-order chi connectivity index (χ1) is 10.7. The van der Waals surface area contributed by atoms with Crippen molar-refractivity contribution in [2.24, 2.45) is 0 Å². The maximum Gasteiger partial charge on any atom is 0.253 e. The zero-order valence-corrected chi connectivity index (χ0v) is 12.9. The Morgan fingerprint density at radius 2 is 2.05 bits per heavy atom. The first-order valence-corrected chi connectivity index (χ1v) is 7.22. The van der Waals surface area contributed by atoms with Crippen LogP contribution in [0.25, 0.3) is 5.69 Å². The van der Waals surface area contributed by atoms with E-state index in [2.05, 4.69) is 41.5 Å². The van der Waals surface area contributed by atoms with Crippen LogP contribution in [-0.4, -0.2) is 30.9 Å². The minimum Gasteiger partial charge on any atom is -0.346 e. The second-order valence-electron chi connectivity index (χ2n) is 4.43. The minimum atomic E-state index is -0.215. The molecule has 0 saturated carbocycles. The summed E-state index contributed by atoms with van der Waals surface area (Å²) in [5.74, 6) is -0.215. The van der Waals surface area contributed by atoms with Crippen molar-refractivity contribution in [1.82, 2.24) is 30.3 Å². The summed E-state index contributed by atoms with van der Waals surface area (Å²) in [6.45, 7) is 0.288. The van der Waals surface area contributed by atoms with Crippen molar-refractivity contribution >= 4 is 21.8 Å². The van der Waals surface area contributed by atoms with Crippen molar-refractivity contribution in [2.45, 2.75) is 6.54 Å². The van der Waals surface area contributed by atoms with E-state index in [0.717, 1.165) is 10.2 Å². The van der Waals surface area contributed by atoms with Crippen LogP contribution in [0.3, 0.4) is 0 Å². The van der Waals surface area contributed by atoms with Gasteiger partial charge in [0.2, 0.25) is 0 Å². The molecule has 22 heavy (non-hydrogen) atoms. The fourth-order valence-electron chi connectivity index (χ4n) is 1.81. The van der Waals surface area contributed by atoms with Crippen molar-refractivity contribution < 1.29 is 4.79 Å². The number of hydrogen-bond donors (Lipinski definition) is 1. The standard InChI is InChI=1S/C14H11BrN6O/c15-11-5-10(6-17-7-11)14(22)18-8-12-9-21(20-19-12)13-1-3-16-4-2-13/h1-7,9H,8H2,(H,18,22). The highest BCUT2D eigenvalue weighted by atomic mass is 79.9. The topological polar surface area (TPSA) is 85.6 Å². The van der Waals surface area contributed by atoms with Gasteiger partial charge in [-0.05, 0) is 34.1 Å². The summed E-state index contributed by atoms with van der Waals surface area (Å²) in [7, 11) is 0. The number of aromatic nitrogens is 5. The van der Waals surface area contributed by atoms with Gasteiger partial charge in [0.05, 0.1) is 24.0 Å². The van der Waals surface area contributed by atoms with Crippen LogP contribution in [0.15, 0.2) is 53.7 Å². The van der Waals surface area contributed by atoms with Crippen molar-refractivity contribution in [3.63, 3.8) is 0 Å². The Kier molecular flexibility index (Phi) is 4.19. The van der Waals surface area contributed by atoms with Gasteiger partial charge in [-0.15, -0.1) is 5.10 Å². The summed E-state index contributed by atoms with van der Waals surface area (Å²) in [5.41, 5.74) is 2.00. The van der Waals surface area contributed by atoms with Crippen molar-refractivity contribution in [3.8, 4) is 5.69 Å². The van der Waals surface area contributed by atoms with Gasteiger partial charge in [-0.2, -0.15) is 0 Å². The molecular formula is C14H11BrN6O. The number of hydrogen-bond acceptors (Lipinski definition) is 5. The van der Waals surface area contributed by atoms with Crippen molar-refractivity contribution in [2.75, 3.05) is 0 Å². The van der Waals surface area contributed by atoms with Crippen LogP contribution >= 0.6 is 15.9 Å². The first-order valence-electron chi connectivity index (χ1n) is 6.43. The van der Waals surface area contributed by atoms with Gasteiger partial charge >= 0.3 is 0 Å². The molecule has 0 radical (unpaired) electrons. The third-order valence-corrected chi connectivity index (χ3v) is 3.30. The lowest BCUT2D eigenvalue weighted by Gasteiger charge is -2.02. The van der Waals surface area contributed by atoms with Gasteiger partial charge in [0, 0.05) is 29.3 Å². The van der Waals surface area contributed by atoms with Crippen LogP contribution in [0, 0.1) is 0 Å². The number of nitrogens with zero attached hydrogens (tertiary/aromatic N) is 5. The smallest absolute Gasteiger partial charge is 0.253 e. The predicted octanol–water partition coefficient (Wildman–Crippen LogP) is 1.75. The van der Waals surface area contributed by atoms with Crippen LogP contribution in [0.4, 0.5) is 0 Å². The highest BCUT2D eigenvalue weighted by Crippen LogP contribution is 2.09. The second-order valence-corrected chi connectivity index (χ2v) is 5.35. The summed E-state index contributed by atoms with van der Waals surface area (Å²) in [6.07, 6.45) is 8.25. The predicted molar refractivity (Wildman–Crippen MR) is 82.3 cm³/mol. The van der Waals surface area contributed by atoms with Crippen LogP contribution in [0.2, 0.25) is 0 Å². The lowest BCUT2D eigenvalue weighted by molar-refractivity contribution is 0.0950. The fraction of sp³-hybridized carbons (Fsp3) is 0.0714. The Bertz CT molecular complexity index is 789. The fourth-order valence-corrected chi connectivity index (χ4v) is 2.18. The quantitative estimate of drug-likeness (QED) is 0.767.